The Morgan fingerprint density at radius 1 is 1.21 bits per heavy atom. The molecule has 2 unspecified atom stereocenters. The number of rotatable bonds is 15. The van der Waals surface area contributed by atoms with Crippen LogP contribution in [0, 0.1) is 0 Å². The highest BCUT2D eigenvalue weighted by molar-refractivity contribution is 5.68. The summed E-state index contributed by atoms with van der Waals surface area (Å²) in [5, 5.41) is 13.0. The van der Waals surface area contributed by atoms with Crippen molar-refractivity contribution in [2.75, 3.05) is 65.1 Å². The third kappa shape index (κ3) is 8.50. The average Bonchev–Trinajstić information content (AvgIpc) is 3.30. The molecule has 2 aliphatic rings. The Labute approximate surface area is 228 Å². The number of hydrogen-bond acceptors (Lipinski definition) is 7. The van der Waals surface area contributed by atoms with E-state index in [2.05, 4.69) is 11.4 Å². The van der Waals surface area contributed by atoms with Crippen LogP contribution in [-0.4, -0.2) is 86.4 Å². The lowest BCUT2D eigenvalue weighted by atomic mass is 9.94. The summed E-state index contributed by atoms with van der Waals surface area (Å²) < 4.78 is 44.9. The summed E-state index contributed by atoms with van der Waals surface area (Å²) in [6.45, 7) is 1.99. The average molecular weight is 548 g/mol. The van der Waals surface area contributed by atoms with E-state index in [1.807, 2.05) is 11.0 Å². The van der Waals surface area contributed by atoms with E-state index in [4.69, 9.17) is 19.2 Å². The summed E-state index contributed by atoms with van der Waals surface area (Å²) in [5.74, 6) is 0.439. The molecule has 8 nitrogen and oxygen atoms in total. The Hall–Kier alpha value is -2.98. The third-order valence-corrected chi connectivity index (χ3v) is 7.34. The van der Waals surface area contributed by atoms with Crippen molar-refractivity contribution in [3.05, 3.63) is 47.2 Å². The first-order chi connectivity index (χ1) is 18.9. The quantitative estimate of drug-likeness (QED) is 0.317. The van der Waals surface area contributed by atoms with E-state index in [1.54, 1.807) is 25.3 Å². The zero-order valence-corrected chi connectivity index (χ0v) is 22.6. The first kappa shape index (κ1) is 29.0. The highest BCUT2D eigenvalue weighted by atomic mass is 19.1. The lowest BCUT2D eigenvalue weighted by Crippen LogP contribution is -2.33. The molecular formula is C29H39F2N3O5. The number of aromatic nitrogens is 1. The highest BCUT2D eigenvalue weighted by Gasteiger charge is 2.39. The van der Waals surface area contributed by atoms with Crippen molar-refractivity contribution >= 4 is 11.8 Å². The molecule has 1 aromatic carbocycles. The molecule has 4 rings (SSSR count). The van der Waals surface area contributed by atoms with Gasteiger partial charge in [-0.2, -0.15) is 0 Å². The van der Waals surface area contributed by atoms with Crippen molar-refractivity contribution in [2.45, 2.75) is 50.1 Å². The van der Waals surface area contributed by atoms with Crippen LogP contribution in [0.2, 0.25) is 0 Å². The number of likely N-dealkylation sites (tertiary alicyclic amines) is 1. The van der Waals surface area contributed by atoms with Gasteiger partial charge in [-0.25, -0.2) is 13.8 Å². The largest absolute Gasteiger partial charge is 0.491 e. The molecule has 0 aliphatic carbocycles. The number of fused-ring (bicyclic) bond motifs is 1. The van der Waals surface area contributed by atoms with Gasteiger partial charge in [-0.15, -0.1) is 0 Å². The SMILES string of the molecule is COCCOc1cc(OCCF)cc(C(CC(=O)O)CN2CCC(F)(CCc3ccc4c(n3)NCCC4)C2)c1. The molecule has 2 atom stereocenters. The van der Waals surface area contributed by atoms with Gasteiger partial charge in [0.2, 0.25) is 0 Å². The van der Waals surface area contributed by atoms with Crippen LogP contribution in [-0.2, 0) is 22.4 Å². The molecule has 1 saturated heterocycles. The maximum Gasteiger partial charge on any atom is 0.304 e. The number of ether oxygens (including phenoxy) is 3. The number of methoxy groups -OCH3 is 1. The lowest BCUT2D eigenvalue weighted by Gasteiger charge is -2.25. The summed E-state index contributed by atoms with van der Waals surface area (Å²) in [5.41, 5.74) is 1.43. The minimum Gasteiger partial charge on any atom is -0.491 e. The maximum absolute atomic E-state index is 15.9. The first-order valence-corrected chi connectivity index (χ1v) is 13.7. The van der Waals surface area contributed by atoms with Gasteiger partial charge in [-0.3, -0.25) is 9.69 Å². The Kier molecular flexibility index (Phi) is 10.3. The van der Waals surface area contributed by atoms with Gasteiger partial charge in [0.1, 0.15) is 42.9 Å². The van der Waals surface area contributed by atoms with E-state index in [0.29, 0.717) is 62.6 Å². The van der Waals surface area contributed by atoms with E-state index in [0.717, 1.165) is 30.9 Å². The van der Waals surface area contributed by atoms with E-state index in [9.17, 15) is 14.3 Å². The summed E-state index contributed by atoms with van der Waals surface area (Å²) in [4.78, 5) is 18.5. The molecule has 0 bridgehead atoms. The molecule has 10 heteroatoms. The second-order valence-electron chi connectivity index (χ2n) is 10.4. The number of halogens is 2. The monoisotopic (exact) mass is 547 g/mol. The van der Waals surface area contributed by atoms with E-state index in [-0.39, 0.29) is 19.6 Å². The smallest absolute Gasteiger partial charge is 0.304 e. The molecular weight excluding hydrogens is 508 g/mol. The topological polar surface area (TPSA) is 93.2 Å². The molecule has 39 heavy (non-hydrogen) atoms. The summed E-state index contributed by atoms with van der Waals surface area (Å²) in [6.07, 6.45) is 3.28. The molecule has 2 N–H and O–H groups in total. The zero-order valence-electron chi connectivity index (χ0n) is 22.6. The van der Waals surface area contributed by atoms with E-state index in [1.165, 1.54) is 5.56 Å². The number of hydrogen-bond donors (Lipinski definition) is 2. The van der Waals surface area contributed by atoms with Crippen molar-refractivity contribution < 1.29 is 32.9 Å². The molecule has 2 aliphatic heterocycles. The van der Waals surface area contributed by atoms with Gasteiger partial charge < -0.3 is 24.6 Å². The fourth-order valence-electron chi connectivity index (χ4n) is 5.34. The second kappa shape index (κ2) is 13.9. The van der Waals surface area contributed by atoms with Crippen LogP contribution < -0.4 is 14.8 Å². The molecule has 1 fully saturated rings. The predicted molar refractivity (Wildman–Crippen MR) is 145 cm³/mol. The van der Waals surface area contributed by atoms with Gasteiger partial charge in [-0.05, 0) is 61.4 Å². The van der Waals surface area contributed by atoms with Crippen molar-refractivity contribution in [1.82, 2.24) is 9.88 Å². The summed E-state index contributed by atoms with van der Waals surface area (Å²) >= 11 is 0. The number of alkyl halides is 2. The molecule has 1 aromatic heterocycles. The Balaban J connectivity index is 1.42. The van der Waals surface area contributed by atoms with Crippen molar-refractivity contribution in [1.29, 1.82) is 0 Å². The first-order valence-electron chi connectivity index (χ1n) is 13.7. The van der Waals surface area contributed by atoms with Gasteiger partial charge in [0.25, 0.3) is 0 Å². The molecule has 0 amide bonds. The van der Waals surface area contributed by atoms with Gasteiger partial charge in [0, 0.05) is 51.0 Å². The van der Waals surface area contributed by atoms with Gasteiger partial charge in [0.05, 0.1) is 13.0 Å². The number of pyridine rings is 1. The number of carboxylic acids is 1. The van der Waals surface area contributed by atoms with Crippen molar-refractivity contribution in [3.8, 4) is 11.5 Å². The predicted octanol–water partition coefficient (Wildman–Crippen LogP) is 4.42. The van der Waals surface area contributed by atoms with Gasteiger partial charge in [-0.1, -0.05) is 6.07 Å². The molecule has 214 valence electrons. The fourth-order valence-corrected chi connectivity index (χ4v) is 5.34. The van der Waals surface area contributed by atoms with E-state index >= 15 is 4.39 Å². The van der Waals surface area contributed by atoms with Crippen LogP contribution in [0.3, 0.4) is 0 Å². The summed E-state index contributed by atoms with van der Waals surface area (Å²) in [7, 11) is 1.57. The third-order valence-electron chi connectivity index (χ3n) is 7.34. The van der Waals surface area contributed by atoms with Gasteiger partial charge in [0.15, 0.2) is 0 Å². The number of aliphatic carboxylic acids is 1. The number of nitrogens with zero attached hydrogens (tertiary/aromatic N) is 2. The molecule has 0 radical (unpaired) electrons. The van der Waals surface area contributed by atoms with Crippen LogP contribution in [0.5, 0.6) is 11.5 Å². The Morgan fingerprint density at radius 3 is 2.74 bits per heavy atom. The number of carboxylic acid groups (broad SMARTS) is 1. The van der Waals surface area contributed by atoms with Crippen LogP contribution in [0.1, 0.15) is 48.4 Å². The Bertz CT molecular complexity index is 1100. The number of carbonyl (C=O) groups is 1. The van der Waals surface area contributed by atoms with Crippen LogP contribution in [0.25, 0.3) is 0 Å². The highest BCUT2D eigenvalue weighted by Crippen LogP contribution is 2.35. The molecule has 3 heterocycles. The van der Waals surface area contributed by atoms with E-state index < -0.39 is 24.2 Å². The summed E-state index contributed by atoms with van der Waals surface area (Å²) in [6, 6.07) is 9.24. The van der Waals surface area contributed by atoms with Crippen LogP contribution >= 0.6 is 0 Å². The zero-order chi connectivity index (χ0) is 27.7. The fraction of sp³-hybridized carbons (Fsp3) is 0.586. The standard InChI is InChI=1S/C29H39F2N3O5/c1-37-13-14-39-26-16-22(15-25(18-26)38-12-9-30)23(17-27(35)36)19-34-11-8-29(31,20-34)7-6-24-5-4-21-3-2-10-32-28(21)33-24/h4-5,15-16,18,23H,2-3,6-14,17,19-20H2,1H3,(H,32,33)(H,35,36). The molecule has 0 saturated carbocycles. The maximum atomic E-state index is 15.9. The molecule has 0 spiro atoms. The number of nitrogens with one attached hydrogen (secondary N) is 1. The van der Waals surface area contributed by atoms with Crippen LogP contribution in [0.4, 0.5) is 14.6 Å². The minimum absolute atomic E-state index is 0.115. The van der Waals surface area contributed by atoms with Crippen LogP contribution in [0.15, 0.2) is 30.3 Å². The number of aryl methyl sites for hydroxylation is 2. The Morgan fingerprint density at radius 2 is 2.00 bits per heavy atom. The number of benzene rings is 1. The minimum atomic E-state index is -1.36. The normalized spacial score (nSPS) is 19.8. The van der Waals surface area contributed by atoms with Gasteiger partial charge >= 0.3 is 5.97 Å². The second-order valence-corrected chi connectivity index (χ2v) is 10.4. The number of anilines is 1. The molecule has 2 aromatic rings. The van der Waals surface area contributed by atoms with Crippen molar-refractivity contribution in [2.24, 2.45) is 0 Å². The van der Waals surface area contributed by atoms with Crippen molar-refractivity contribution in [3.63, 3.8) is 0 Å². The lowest BCUT2D eigenvalue weighted by molar-refractivity contribution is -0.137.